The number of aliphatic hydroxyl groups excluding tert-OH is 1. The number of hydrogen-bond donors (Lipinski definition) is 1. The lowest BCUT2D eigenvalue weighted by molar-refractivity contribution is -0.115. The molecule has 0 spiro atoms. The number of rotatable bonds is 4. The lowest BCUT2D eigenvalue weighted by atomic mass is 10.3. The van der Waals surface area contributed by atoms with Crippen molar-refractivity contribution in [2.24, 2.45) is 10.2 Å². The Hall–Kier alpha value is -2.10. The van der Waals surface area contributed by atoms with Crippen molar-refractivity contribution in [2.45, 2.75) is 17.7 Å². The Kier molecular flexibility index (Phi) is 4.74. The summed E-state index contributed by atoms with van der Waals surface area (Å²) in [6, 6.07) is 5.91. The van der Waals surface area contributed by atoms with E-state index in [0.717, 1.165) is 0 Å². The van der Waals surface area contributed by atoms with E-state index >= 15 is 0 Å². The number of nitrogens with zero attached hydrogens (tertiary/aromatic N) is 3. The van der Waals surface area contributed by atoms with Crippen LogP contribution in [0, 0.1) is 0 Å². The summed E-state index contributed by atoms with van der Waals surface area (Å²) in [5.74, 6) is -0.307. The Balaban J connectivity index is 1.76. The fourth-order valence-electron chi connectivity index (χ4n) is 2.47. The van der Waals surface area contributed by atoms with Crippen LogP contribution in [0.2, 0.25) is 0 Å². The smallest absolute Gasteiger partial charge is 0.243 e. The number of benzene rings is 1. The second-order valence-corrected chi connectivity index (χ2v) is 7.37. The third-order valence-electron chi connectivity index (χ3n) is 3.84. The first kappa shape index (κ1) is 16.7. The van der Waals surface area contributed by atoms with Crippen molar-refractivity contribution in [1.29, 1.82) is 0 Å². The molecule has 3 rings (SSSR count). The average Bonchev–Trinajstić information content (AvgIpc) is 2.92. The Labute approximate surface area is 139 Å². The van der Waals surface area contributed by atoms with Gasteiger partial charge in [-0.3, -0.25) is 4.79 Å². The summed E-state index contributed by atoms with van der Waals surface area (Å²) in [7, 11) is -3.55. The highest BCUT2D eigenvalue weighted by Crippen LogP contribution is 2.25. The molecule has 1 N–H and O–H groups in total. The Bertz CT molecular complexity index is 793. The predicted octanol–water partition coefficient (Wildman–Crippen LogP) is 1.92. The largest absolute Gasteiger partial charge is 0.510 e. The van der Waals surface area contributed by atoms with Gasteiger partial charge in [0.2, 0.25) is 10.0 Å². The Morgan fingerprint density at radius 1 is 1.04 bits per heavy atom. The monoisotopic (exact) mass is 351 g/mol. The number of sulfonamides is 1. The summed E-state index contributed by atoms with van der Waals surface area (Å²) in [5, 5.41) is 17.2. The summed E-state index contributed by atoms with van der Waals surface area (Å²) in [6.07, 6.45) is 0.515. The minimum absolute atomic E-state index is 0.0278. The van der Waals surface area contributed by atoms with Crippen molar-refractivity contribution in [2.75, 3.05) is 26.3 Å². The fourth-order valence-corrected chi connectivity index (χ4v) is 3.88. The molecule has 0 saturated carbocycles. The highest BCUT2D eigenvalue weighted by Gasteiger charge is 2.26. The molecule has 1 saturated heterocycles. The fraction of sp³-hybridized carbons (Fsp3) is 0.400. The van der Waals surface area contributed by atoms with E-state index < -0.39 is 10.0 Å². The second-order valence-electron chi connectivity index (χ2n) is 5.43. The van der Waals surface area contributed by atoms with E-state index in [1.807, 2.05) is 0 Å². The molecule has 1 heterocycles. The molecule has 9 heteroatoms. The van der Waals surface area contributed by atoms with E-state index in [1.54, 1.807) is 0 Å². The topological polar surface area (TPSA) is 109 Å². The molecule has 1 fully saturated rings. The molecule has 128 valence electrons. The van der Waals surface area contributed by atoms with E-state index in [1.165, 1.54) is 28.6 Å². The van der Waals surface area contributed by atoms with E-state index in [-0.39, 0.29) is 35.0 Å². The number of carbonyl (C=O) groups excluding carboxylic acids is 1. The molecule has 2 aliphatic rings. The summed E-state index contributed by atoms with van der Waals surface area (Å²) in [4.78, 5) is 11.7. The number of Topliss-reactive ketones (excluding diaryl/α,β-unsaturated/α-hetero) is 1. The highest BCUT2D eigenvalue weighted by atomic mass is 32.2. The van der Waals surface area contributed by atoms with E-state index in [9.17, 15) is 18.3 Å². The van der Waals surface area contributed by atoms with Crippen molar-refractivity contribution in [3.05, 3.63) is 35.7 Å². The zero-order valence-corrected chi connectivity index (χ0v) is 13.7. The summed E-state index contributed by atoms with van der Waals surface area (Å²) in [5.41, 5.74) is 0.371. The summed E-state index contributed by atoms with van der Waals surface area (Å²) >= 11 is 0. The van der Waals surface area contributed by atoms with Crippen molar-refractivity contribution < 1.29 is 23.1 Å². The summed E-state index contributed by atoms with van der Waals surface area (Å²) < 4.78 is 31.5. The molecule has 0 amide bonds. The SMILES string of the molecule is O=C1CCC(O)=C1N=Nc1ccc(S(=O)(=O)N2CCOCC2)cc1. The van der Waals surface area contributed by atoms with Crippen LogP contribution in [0.1, 0.15) is 12.8 Å². The van der Waals surface area contributed by atoms with Crippen molar-refractivity contribution >= 4 is 21.5 Å². The van der Waals surface area contributed by atoms with Gasteiger partial charge in [-0.1, -0.05) is 0 Å². The van der Waals surface area contributed by atoms with Gasteiger partial charge in [0, 0.05) is 25.9 Å². The third kappa shape index (κ3) is 3.37. The van der Waals surface area contributed by atoms with E-state index in [0.29, 0.717) is 32.0 Å². The zero-order valence-electron chi connectivity index (χ0n) is 12.9. The molecule has 0 unspecified atom stereocenters. The van der Waals surface area contributed by atoms with Crippen molar-refractivity contribution in [3.63, 3.8) is 0 Å². The second kappa shape index (κ2) is 6.80. The van der Waals surface area contributed by atoms with Gasteiger partial charge in [0.15, 0.2) is 11.5 Å². The number of aliphatic hydroxyl groups is 1. The average molecular weight is 351 g/mol. The van der Waals surface area contributed by atoms with Gasteiger partial charge in [-0.2, -0.15) is 9.42 Å². The van der Waals surface area contributed by atoms with Crippen molar-refractivity contribution in [3.8, 4) is 0 Å². The summed E-state index contributed by atoms with van der Waals surface area (Å²) in [6.45, 7) is 1.44. The van der Waals surface area contributed by atoms with Crippen LogP contribution in [0.3, 0.4) is 0 Å². The van der Waals surface area contributed by atoms with Crippen LogP contribution in [-0.2, 0) is 19.6 Å². The molecule has 1 aromatic carbocycles. The number of hydrogen-bond acceptors (Lipinski definition) is 7. The lowest BCUT2D eigenvalue weighted by Crippen LogP contribution is -2.40. The normalized spacial score (nSPS) is 20.2. The maximum absolute atomic E-state index is 12.5. The Morgan fingerprint density at radius 2 is 1.71 bits per heavy atom. The minimum Gasteiger partial charge on any atom is -0.510 e. The number of azo groups is 1. The van der Waals surface area contributed by atoms with Gasteiger partial charge >= 0.3 is 0 Å². The zero-order chi connectivity index (χ0) is 17.2. The van der Waals surface area contributed by atoms with Gasteiger partial charge in [0.1, 0.15) is 5.76 Å². The van der Waals surface area contributed by atoms with Gasteiger partial charge < -0.3 is 9.84 Å². The van der Waals surface area contributed by atoms with Crippen LogP contribution in [0.5, 0.6) is 0 Å². The van der Waals surface area contributed by atoms with Gasteiger partial charge in [-0.25, -0.2) is 8.42 Å². The number of morpholine rings is 1. The molecule has 0 aromatic heterocycles. The van der Waals surface area contributed by atoms with E-state index in [2.05, 4.69) is 10.2 Å². The molecule has 0 bridgehead atoms. The molecule has 1 aliphatic heterocycles. The van der Waals surface area contributed by atoms with Gasteiger partial charge in [0.05, 0.1) is 23.8 Å². The quantitative estimate of drug-likeness (QED) is 0.834. The first-order valence-corrected chi connectivity index (χ1v) is 8.97. The molecular formula is C15H17N3O5S. The van der Waals surface area contributed by atoms with Crippen LogP contribution in [-0.4, -0.2) is 49.9 Å². The minimum atomic E-state index is -3.55. The number of ether oxygens (including phenoxy) is 1. The predicted molar refractivity (Wildman–Crippen MR) is 84.4 cm³/mol. The van der Waals surface area contributed by atoms with Crippen LogP contribution < -0.4 is 0 Å². The number of carbonyl (C=O) groups is 1. The third-order valence-corrected chi connectivity index (χ3v) is 5.75. The van der Waals surface area contributed by atoms with Gasteiger partial charge in [-0.05, 0) is 24.3 Å². The molecule has 1 aliphatic carbocycles. The lowest BCUT2D eigenvalue weighted by Gasteiger charge is -2.25. The van der Waals surface area contributed by atoms with Crippen LogP contribution in [0.15, 0.2) is 50.8 Å². The maximum Gasteiger partial charge on any atom is 0.243 e. The van der Waals surface area contributed by atoms with Crippen LogP contribution in [0.4, 0.5) is 5.69 Å². The highest BCUT2D eigenvalue weighted by molar-refractivity contribution is 7.89. The molecular weight excluding hydrogens is 334 g/mol. The molecule has 8 nitrogen and oxygen atoms in total. The Morgan fingerprint density at radius 3 is 2.29 bits per heavy atom. The van der Waals surface area contributed by atoms with Gasteiger partial charge in [-0.15, -0.1) is 5.11 Å². The molecule has 1 aromatic rings. The number of ketones is 1. The van der Waals surface area contributed by atoms with Gasteiger partial charge in [0.25, 0.3) is 0 Å². The standard InChI is InChI=1S/C15H17N3O5S/c19-13-5-6-14(20)15(13)17-16-11-1-3-12(4-2-11)24(21,22)18-7-9-23-10-8-18/h1-4,19H,5-10H2. The van der Waals surface area contributed by atoms with Crippen molar-refractivity contribution in [1.82, 2.24) is 4.31 Å². The van der Waals surface area contributed by atoms with Crippen LogP contribution >= 0.6 is 0 Å². The molecule has 0 atom stereocenters. The molecule has 0 radical (unpaired) electrons. The molecule has 24 heavy (non-hydrogen) atoms. The van der Waals surface area contributed by atoms with E-state index in [4.69, 9.17) is 4.74 Å². The first-order valence-electron chi connectivity index (χ1n) is 7.53. The maximum atomic E-state index is 12.5. The first-order chi connectivity index (χ1) is 11.5. The number of allylic oxidation sites excluding steroid dienone is 2. The van der Waals surface area contributed by atoms with Crippen LogP contribution in [0.25, 0.3) is 0 Å².